The van der Waals surface area contributed by atoms with E-state index in [4.69, 9.17) is 10.5 Å². The van der Waals surface area contributed by atoms with Crippen molar-refractivity contribution in [2.24, 2.45) is 0 Å². The molecule has 1 aromatic carbocycles. The van der Waals surface area contributed by atoms with E-state index in [-0.39, 0.29) is 0 Å². The van der Waals surface area contributed by atoms with Crippen molar-refractivity contribution in [3.8, 4) is 17.1 Å². The Bertz CT molecular complexity index is 762. The Balaban J connectivity index is 2.17. The van der Waals surface area contributed by atoms with Crippen LogP contribution in [-0.4, -0.2) is 16.0 Å². The first kappa shape index (κ1) is 12.5. The lowest BCUT2D eigenvalue weighted by molar-refractivity contribution is 0.340. The number of hydrogen-bond acceptors (Lipinski definition) is 3. The number of hydrogen-bond donors (Lipinski definition) is 1. The molecule has 0 saturated carbocycles. The highest BCUT2D eigenvalue weighted by molar-refractivity contribution is 5.69. The van der Waals surface area contributed by atoms with Crippen molar-refractivity contribution in [3.05, 3.63) is 48.3 Å². The summed E-state index contributed by atoms with van der Waals surface area (Å²) in [5.74, 6) is 1.76. The van der Waals surface area contributed by atoms with E-state index in [9.17, 15) is 0 Å². The van der Waals surface area contributed by atoms with Crippen LogP contribution in [0.5, 0.6) is 5.75 Å². The monoisotopic (exact) mass is 267 g/mol. The summed E-state index contributed by atoms with van der Waals surface area (Å²) in [6.45, 7) is 4.62. The molecule has 2 aromatic heterocycles. The van der Waals surface area contributed by atoms with E-state index in [0.29, 0.717) is 6.61 Å². The third-order valence-electron chi connectivity index (χ3n) is 3.25. The number of rotatable bonds is 3. The second kappa shape index (κ2) is 4.89. The molecule has 0 bridgehead atoms. The van der Waals surface area contributed by atoms with Crippen LogP contribution in [0.1, 0.15) is 12.6 Å². The molecule has 3 aromatic rings. The van der Waals surface area contributed by atoms with Gasteiger partial charge in [0.1, 0.15) is 11.6 Å². The number of aryl methyl sites for hydroxylation is 1. The fourth-order valence-electron chi connectivity index (χ4n) is 2.35. The predicted octanol–water partition coefficient (Wildman–Crippen LogP) is 3.29. The molecule has 102 valence electrons. The average Bonchev–Trinajstić information content (AvgIpc) is 2.77. The standard InChI is InChI=1S/C16H17N3O/c1-3-20-14-6-4-5-12(9-14)16-18-11(2)15-10-13(17)7-8-19(15)16/h4-10H,3,17H2,1-2H3. The zero-order valence-corrected chi connectivity index (χ0v) is 11.6. The SMILES string of the molecule is CCOc1cccc(-c2nc(C)c3cc(N)ccn23)c1. The average molecular weight is 267 g/mol. The van der Waals surface area contributed by atoms with Crippen molar-refractivity contribution in [1.29, 1.82) is 0 Å². The predicted molar refractivity (Wildman–Crippen MR) is 80.9 cm³/mol. The normalized spacial score (nSPS) is 10.9. The smallest absolute Gasteiger partial charge is 0.144 e. The van der Waals surface area contributed by atoms with Crippen LogP contribution in [-0.2, 0) is 0 Å². The van der Waals surface area contributed by atoms with Gasteiger partial charge in [-0.2, -0.15) is 0 Å². The summed E-state index contributed by atoms with van der Waals surface area (Å²) in [5, 5.41) is 0. The van der Waals surface area contributed by atoms with Crippen LogP contribution in [0.2, 0.25) is 0 Å². The molecule has 0 fully saturated rings. The Morgan fingerprint density at radius 2 is 2.10 bits per heavy atom. The largest absolute Gasteiger partial charge is 0.494 e. The lowest BCUT2D eigenvalue weighted by Crippen LogP contribution is -1.94. The molecule has 20 heavy (non-hydrogen) atoms. The van der Waals surface area contributed by atoms with Gasteiger partial charge in [0.2, 0.25) is 0 Å². The maximum atomic E-state index is 5.84. The fraction of sp³-hybridized carbons (Fsp3) is 0.188. The van der Waals surface area contributed by atoms with Crippen LogP contribution in [0.4, 0.5) is 5.69 Å². The number of nitrogen functional groups attached to an aromatic ring is 1. The number of fused-ring (bicyclic) bond motifs is 1. The second-order valence-corrected chi connectivity index (χ2v) is 4.70. The zero-order valence-electron chi connectivity index (χ0n) is 11.6. The summed E-state index contributed by atoms with van der Waals surface area (Å²) in [7, 11) is 0. The maximum absolute atomic E-state index is 5.84. The van der Waals surface area contributed by atoms with Gasteiger partial charge in [-0.15, -0.1) is 0 Å². The van der Waals surface area contributed by atoms with Crippen LogP contribution < -0.4 is 10.5 Å². The molecule has 4 heteroatoms. The molecule has 0 radical (unpaired) electrons. The van der Waals surface area contributed by atoms with Crippen molar-refractivity contribution in [1.82, 2.24) is 9.38 Å². The summed E-state index contributed by atoms with van der Waals surface area (Å²) >= 11 is 0. The maximum Gasteiger partial charge on any atom is 0.144 e. The summed E-state index contributed by atoms with van der Waals surface area (Å²) in [6, 6.07) is 11.8. The van der Waals surface area contributed by atoms with E-state index in [1.54, 1.807) is 0 Å². The third-order valence-corrected chi connectivity index (χ3v) is 3.25. The van der Waals surface area contributed by atoms with Gasteiger partial charge in [-0.1, -0.05) is 12.1 Å². The molecular weight excluding hydrogens is 250 g/mol. The fourth-order valence-corrected chi connectivity index (χ4v) is 2.35. The van der Waals surface area contributed by atoms with Gasteiger partial charge in [0.15, 0.2) is 0 Å². The zero-order chi connectivity index (χ0) is 14.1. The number of nitrogens with zero attached hydrogens (tertiary/aromatic N) is 2. The summed E-state index contributed by atoms with van der Waals surface area (Å²) < 4.78 is 7.60. The Morgan fingerprint density at radius 1 is 1.25 bits per heavy atom. The minimum Gasteiger partial charge on any atom is -0.494 e. The first-order chi connectivity index (χ1) is 9.69. The van der Waals surface area contributed by atoms with Gasteiger partial charge in [0, 0.05) is 17.4 Å². The molecule has 0 spiro atoms. The van der Waals surface area contributed by atoms with E-state index in [0.717, 1.165) is 34.0 Å². The van der Waals surface area contributed by atoms with E-state index >= 15 is 0 Å². The van der Waals surface area contributed by atoms with Gasteiger partial charge < -0.3 is 10.5 Å². The molecule has 0 amide bonds. The molecule has 0 saturated heterocycles. The van der Waals surface area contributed by atoms with E-state index in [2.05, 4.69) is 9.38 Å². The summed E-state index contributed by atoms with van der Waals surface area (Å²) in [5.41, 5.74) is 9.62. The minimum absolute atomic E-state index is 0.654. The number of pyridine rings is 1. The Kier molecular flexibility index (Phi) is 3.06. The topological polar surface area (TPSA) is 52.5 Å². The number of nitrogens with two attached hydrogens (primary N) is 1. The molecule has 0 aliphatic heterocycles. The molecule has 3 rings (SSSR count). The summed E-state index contributed by atoms with van der Waals surface area (Å²) in [4.78, 5) is 4.65. The molecule has 0 aliphatic carbocycles. The van der Waals surface area contributed by atoms with Crippen molar-refractivity contribution in [2.75, 3.05) is 12.3 Å². The van der Waals surface area contributed by atoms with E-state index in [1.807, 2.05) is 56.4 Å². The Hall–Kier alpha value is -2.49. The van der Waals surface area contributed by atoms with Crippen molar-refractivity contribution in [3.63, 3.8) is 0 Å². The molecule has 0 aliphatic rings. The number of anilines is 1. The number of imidazole rings is 1. The number of aromatic nitrogens is 2. The van der Waals surface area contributed by atoms with Gasteiger partial charge in [0.25, 0.3) is 0 Å². The van der Waals surface area contributed by atoms with Crippen LogP contribution in [0, 0.1) is 6.92 Å². The quantitative estimate of drug-likeness (QED) is 0.792. The van der Waals surface area contributed by atoms with Crippen LogP contribution in [0.25, 0.3) is 16.9 Å². The molecule has 4 nitrogen and oxygen atoms in total. The molecule has 2 heterocycles. The number of ether oxygens (including phenoxy) is 1. The van der Waals surface area contributed by atoms with Gasteiger partial charge in [0.05, 0.1) is 17.8 Å². The number of benzene rings is 1. The molecular formula is C16H17N3O. The first-order valence-electron chi connectivity index (χ1n) is 6.66. The lowest BCUT2D eigenvalue weighted by Gasteiger charge is -2.06. The highest BCUT2D eigenvalue weighted by Gasteiger charge is 2.10. The lowest BCUT2D eigenvalue weighted by atomic mass is 10.2. The summed E-state index contributed by atoms with van der Waals surface area (Å²) in [6.07, 6.45) is 1.95. The van der Waals surface area contributed by atoms with Crippen molar-refractivity contribution in [2.45, 2.75) is 13.8 Å². The third kappa shape index (κ3) is 2.09. The second-order valence-electron chi connectivity index (χ2n) is 4.70. The van der Waals surface area contributed by atoms with Gasteiger partial charge >= 0.3 is 0 Å². The Labute approximate surface area is 117 Å². The van der Waals surface area contributed by atoms with Crippen molar-refractivity contribution >= 4 is 11.2 Å². The van der Waals surface area contributed by atoms with Crippen LogP contribution in [0.3, 0.4) is 0 Å². The highest BCUT2D eigenvalue weighted by atomic mass is 16.5. The van der Waals surface area contributed by atoms with Gasteiger partial charge in [-0.05, 0) is 38.1 Å². The van der Waals surface area contributed by atoms with E-state index in [1.165, 1.54) is 0 Å². The Morgan fingerprint density at radius 3 is 2.90 bits per heavy atom. The van der Waals surface area contributed by atoms with Crippen molar-refractivity contribution < 1.29 is 4.74 Å². The van der Waals surface area contributed by atoms with Gasteiger partial charge in [-0.3, -0.25) is 4.40 Å². The highest BCUT2D eigenvalue weighted by Crippen LogP contribution is 2.26. The van der Waals surface area contributed by atoms with E-state index < -0.39 is 0 Å². The minimum atomic E-state index is 0.654. The molecule has 0 atom stereocenters. The first-order valence-corrected chi connectivity index (χ1v) is 6.66. The van der Waals surface area contributed by atoms with Crippen LogP contribution >= 0.6 is 0 Å². The van der Waals surface area contributed by atoms with Gasteiger partial charge in [-0.25, -0.2) is 4.98 Å². The molecule has 0 unspecified atom stereocenters. The molecule has 2 N–H and O–H groups in total. The van der Waals surface area contributed by atoms with Crippen LogP contribution in [0.15, 0.2) is 42.6 Å².